The van der Waals surface area contributed by atoms with Crippen LogP contribution < -0.4 is 22.1 Å². The molecular weight excluding hydrogens is 665 g/mol. The number of amides is 4. The lowest BCUT2D eigenvalue weighted by molar-refractivity contribution is -0.132. The molecule has 4 amide bonds. The summed E-state index contributed by atoms with van der Waals surface area (Å²) >= 11 is 3.48. The summed E-state index contributed by atoms with van der Waals surface area (Å²) in [6.07, 6.45) is 7.38. The van der Waals surface area contributed by atoms with Crippen LogP contribution in [-0.4, -0.2) is 105 Å². The Morgan fingerprint density at radius 1 is 0.761 bits per heavy atom. The van der Waals surface area contributed by atoms with Crippen LogP contribution in [0.2, 0.25) is 0 Å². The number of thioether (sulfide) groups is 2. The van der Waals surface area contributed by atoms with E-state index >= 15 is 0 Å². The summed E-state index contributed by atoms with van der Waals surface area (Å²) in [4.78, 5) is 62.6. The third-order valence-electron chi connectivity index (χ3n) is 7.41. The minimum atomic E-state index is -0.485. The SMILES string of the molecule is NC(CCCCNC(=O)c1ccc(SSc2ccc(C(=O)NCCCCC(N)C(=O)N3CCSC3)nc2)nc1)C(=O)N1CCSC1. The number of rotatable bonds is 17. The first kappa shape index (κ1) is 36.3. The second-order valence-corrected chi connectivity index (χ2v) is 15.3. The van der Waals surface area contributed by atoms with Crippen molar-refractivity contribution in [3.05, 3.63) is 47.9 Å². The lowest BCUT2D eigenvalue weighted by Crippen LogP contribution is -2.42. The van der Waals surface area contributed by atoms with Crippen LogP contribution in [0.4, 0.5) is 0 Å². The molecule has 2 aromatic rings. The molecule has 4 rings (SSSR count). The van der Waals surface area contributed by atoms with Crippen molar-refractivity contribution >= 4 is 68.7 Å². The second kappa shape index (κ2) is 19.4. The molecule has 0 saturated carbocycles. The van der Waals surface area contributed by atoms with Crippen LogP contribution in [0.3, 0.4) is 0 Å². The molecule has 2 aromatic heterocycles. The monoisotopic (exact) mass is 706 g/mol. The lowest BCUT2D eigenvalue weighted by Gasteiger charge is -2.19. The number of unbranched alkanes of at least 4 members (excludes halogenated alkanes) is 2. The molecule has 2 atom stereocenters. The van der Waals surface area contributed by atoms with Crippen LogP contribution in [0, 0.1) is 0 Å². The fourth-order valence-corrected chi connectivity index (χ4v) is 8.35. The topological polar surface area (TPSA) is 177 Å². The van der Waals surface area contributed by atoms with E-state index in [4.69, 9.17) is 11.5 Å². The number of nitrogens with two attached hydrogens (primary N) is 2. The maximum absolute atomic E-state index is 12.5. The zero-order chi connectivity index (χ0) is 32.7. The number of pyridine rings is 2. The maximum atomic E-state index is 12.5. The van der Waals surface area contributed by atoms with Gasteiger partial charge in [-0.25, -0.2) is 9.97 Å². The van der Waals surface area contributed by atoms with Crippen LogP contribution in [0.1, 0.15) is 59.4 Å². The number of nitrogens with zero attached hydrogens (tertiary/aromatic N) is 4. The van der Waals surface area contributed by atoms with Gasteiger partial charge in [0.15, 0.2) is 0 Å². The van der Waals surface area contributed by atoms with Crippen LogP contribution in [-0.2, 0) is 9.59 Å². The number of hydrogen-bond acceptors (Lipinski definition) is 12. The summed E-state index contributed by atoms with van der Waals surface area (Å²) in [5, 5.41) is 6.50. The molecular formula is C30H42N8O4S4. The highest BCUT2D eigenvalue weighted by atomic mass is 33.1. The quantitative estimate of drug-likeness (QED) is 0.140. The molecule has 12 nitrogen and oxygen atoms in total. The Morgan fingerprint density at radius 2 is 1.37 bits per heavy atom. The van der Waals surface area contributed by atoms with Gasteiger partial charge in [-0.3, -0.25) is 19.2 Å². The molecule has 250 valence electrons. The van der Waals surface area contributed by atoms with E-state index in [1.165, 1.54) is 21.6 Å². The van der Waals surface area contributed by atoms with E-state index in [1.54, 1.807) is 59.0 Å². The highest BCUT2D eigenvalue weighted by Gasteiger charge is 2.24. The van der Waals surface area contributed by atoms with E-state index in [9.17, 15) is 19.2 Å². The standard InChI is InChI=1S/C30H42N8O4S4/c31-23(29(41)37-13-15-43-19-37)5-1-3-11-33-27(39)21-7-10-26(36-17-21)46-45-22-8-9-25(35-18-22)28(40)34-12-4-2-6-24(32)30(42)38-14-16-44-20-38/h7-10,17-18,23-24H,1-6,11-16,19-20,31-32H2,(H,33,39)(H,34,40). The van der Waals surface area contributed by atoms with Gasteiger partial charge in [0.2, 0.25) is 11.8 Å². The minimum Gasteiger partial charge on any atom is -0.352 e. The van der Waals surface area contributed by atoms with Crippen molar-refractivity contribution in [3.63, 3.8) is 0 Å². The second-order valence-electron chi connectivity index (χ2n) is 10.9. The first-order valence-electron chi connectivity index (χ1n) is 15.4. The first-order chi connectivity index (χ1) is 22.3. The highest BCUT2D eigenvalue weighted by molar-refractivity contribution is 8.76. The van der Waals surface area contributed by atoms with Crippen LogP contribution in [0.15, 0.2) is 46.6 Å². The van der Waals surface area contributed by atoms with Crippen LogP contribution in [0.5, 0.6) is 0 Å². The molecule has 4 heterocycles. The fraction of sp³-hybridized carbons (Fsp3) is 0.533. The van der Waals surface area contributed by atoms with E-state index in [2.05, 4.69) is 20.6 Å². The Hall–Kier alpha value is -2.50. The van der Waals surface area contributed by atoms with Crippen molar-refractivity contribution < 1.29 is 19.2 Å². The van der Waals surface area contributed by atoms with Crippen molar-refractivity contribution in [2.75, 3.05) is 49.4 Å². The molecule has 2 unspecified atom stereocenters. The van der Waals surface area contributed by atoms with Gasteiger partial charge in [-0.15, -0.1) is 23.5 Å². The molecule has 2 aliphatic rings. The molecule has 46 heavy (non-hydrogen) atoms. The highest BCUT2D eigenvalue weighted by Crippen LogP contribution is 2.35. The van der Waals surface area contributed by atoms with Gasteiger partial charge in [0.05, 0.1) is 29.4 Å². The Kier molecular flexibility index (Phi) is 15.3. The predicted octanol–water partition coefficient (Wildman–Crippen LogP) is 2.80. The summed E-state index contributed by atoms with van der Waals surface area (Å²) in [7, 11) is 2.88. The molecule has 0 spiro atoms. The van der Waals surface area contributed by atoms with Crippen molar-refractivity contribution in [3.8, 4) is 0 Å². The van der Waals surface area contributed by atoms with Gasteiger partial charge in [-0.05, 0) is 84.4 Å². The van der Waals surface area contributed by atoms with E-state index in [-0.39, 0.29) is 23.6 Å². The average molecular weight is 707 g/mol. The van der Waals surface area contributed by atoms with Gasteiger partial charge in [-0.1, -0.05) is 0 Å². The maximum Gasteiger partial charge on any atom is 0.269 e. The third kappa shape index (κ3) is 11.6. The smallest absolute Gasteiger partial charge is 0.269 e. The molecule has 0 bridgehead atoms. The average Bonchev–Trinajstić information content (AvgIpc) is 3.82. The van der Waals surface area contributed by atoms with Gasteiger partial charge in [-0.2, -0.15) is 0 Å². The Morgan fingerprint density at radius 3 is 1.87 bits per heavy atom. The van der Waals surface area contributed by atoms with E-state index in [0.29, 0.717) is 37.2 Å². The molecule has 2 saturated heterocycles. The Labute approximate surface area is 286 Å². The Balaban J connectivity index is 1.07. The van der Waals surface area contributed by atoms with Crippen LogP contribution in [0.25, 0.3) is 0 Å². The van der Waals surface area contributed by atoms with Gasteiger partial charge in [0, 0.05) is 55.0 Å². The van der Waals surface area contributed by atoms with Gasteiger partial charge < -0.3 is 31.9 Å². The predicted molar refractivity (Wildman–Crippen MR) is 187 cm³/mol. The molecule has 0 radical (unpaired) electrons. The largest absolute Gasteiger partial charge is 0.352 e. The van der Waals surface area contributed by atoms with E-state index < -0.39 is 12.1 Å². The van der Waals surface area contributed by atoms with Crippen molar-refractivity contribution in [2.45, 2.75) is 60.5 Å². The molecule has 2 fully saturated rings. The first-order valence-corrected chi connectivity index (χ1v) is 19.8. The van der Waals surface area contributed by atoms with Gasteiger partial charge >= 0.3 is 0 Å². The molecule has 0 aliphatic carbocycles. The zero-order valence-electron chi connectivity index (χ0n) is 25.7. The number of aromatic nitrogens is 2. The molecule has 6 N–H and O–H groups in total. The van der Waals surface area contributed by atoms with Gasteiger partial charge in [0.25, 0.3) is 11.8 Å². The number of nitrogens with one attached hydrogen (secondary N) is 2. The molecule has 2 aliphatic heterocycles. The summed E-state index contributed by atoms with van der Waals surface area (Å²) in [5.41, 5.74) is 12.9. The van der Waals surface area contributed by atoms with E-state index in [1.807, 2.05) is 11.0 Å². The van der Waals surface area contributed by atoms with Gasteiger partial charge in [0.1, 0.15) is 10.7 Å². The van der Waals surface area contributed by atoms with Crippen molar-refractivity contribution in [1.82, 2.24) is 30.4 Å². The van der Waals surface area contributed by atoms with E-state index in [0.717, 1.165) is 72.0 Å². The molecule has 16 heteroatoms. The number of carbonyl (C=O) groups excluding carboxylic acids is 4. The summed E-state index contributed by atoms with van der Waals surface area (Å²) in [5.74, 6) is 2.96. The fourth-order valence-electron chi connectivity index (χ4n) is 4.69. The van der Waals surface area contributed by atoms with Crippen molar-refractivity contribution in [2.24, 2.45) is 11.5 Å². The number of carbonyl (C=O) groups is 4. The number of hydrogen-bond donors (Lipinski definition) is 4. The lowest BCUT2D eigenvalue weighted by atomic mass is 10.1. The van der Waals surface area contributed by atoms with Crippen LogP contribution >= 0.6 is 45.1 Å². The minimum absolute atomic E-state index is 0.0113. The van der Waals surface area contributed by atoms with Crippen molar-refractivity contribution in [1.29, 1.82) is 0 Å². The third-order valence-corrected chi connectivity index (χ3v) is 11.6. The zero-order valence-corrected chi connectivity index (χ0v) is 29.0. The summed E-state index contributed by atoms with van der Waals surface area (Å²) in [6.45, 7) is 2.53. The Bertz CT molecular complexity index is 1190. The normalized spacial score (nSPS) is 15.9. The summed E-state index contributed by atoms with van der Waals surface area (Å²) in [6, 6.07) is 6.07. The molecule has 0 aromatic carbocycles. The summed E-state index contributed by atoms with van der Waals surface area (Å²) < 4.78 is 0.